The van der Waals surface area contributed by atoms with Gasteiger partial charge in [-0.15, -0.1) is 0 Å². The van der Waals surface area contributed by atoms with E-state index in [4.69, 9.17) is 17.3 Å². The molecule has 1 aliphatic carbocycles. The summed E-state index contributed by atoms with van der Waals surface area (Å²) in [7, 11) is -4.12. The van der Waals surface area contributed by atoms with Crippen LogP contribution < -0.4 is 5.73 Å². The van der Waals surface area contributed by atoms with E-state index in [1.165, 1.54) is 12.1 Å². The highest BCUT2D eigenvalue weighted by atomic mass is 35.5. The minimum absolute atomic E-state index is 0.0295. The van der Waals surface area contributed by atoms with Gasteiger partial charge in [-0.2, -0.15) is 5.26 Å². The standard InChI is InChI=1S/C25H17ClN2O3S/c26-18-13-11-16(12-14-18)21-20(15-27)23(28)22(24(29)17-7-3-1-4-8-17)25(21)32(30,31)19-9-5-2-6-10-19/h1-14,25H,28H2. The number of nitriles is 1. The highest BCUT2D eigenvalue weighted by Gasteiger charge is 2.45. The molecule has 0 bridgehead atoms. The molecule has 3 aromatic rings. The molecule has 1 unspecified atom stereocenters. The van der Waals surface area contributed by atoms with Crippen LogP contribution in [0.25, 0.3) is 5.57 Å². The van der Waals surface area contributed by atoms with Crippen LogP contribution in [0.3, 0.4) is 0 Å². The van der Waals surface area contributed by atoms with Crippen LogP contribution in [-0.4, -0.2) is 19.5 Å². The van der Waals surface area contributed by atoms with Crippen molar-refractivity contribution < 1.29 is 13.2 Å². The molecule has 4 rings (SSSR count). The summed E-state index contributed by atoms with van der Waals surface area (Å²) >= 11 is 6.01. The Morgan fingerprint density at radius 3 is 2.03 bits per heavy atom. The molecule has 1 aliphatic rings. The molecule has 32 heavy (non-hydrogen) atoms. The van der Waals surface area contributed by atoms with Crippen molar-refractivity contribution in [3.05, 3.63) is 118 Å². The zero-order chi connectivity index (χ0) is 22.9. The molecule has 2 N–H and O–H groups in total. The average Bonchev–Trinajstić information content (AvgIpc) is 3.13. The van der Waals surface area contributed by atoms with Crippen LogP contribution in [0.4, 0.5) is 0 Å². The minimum Gasteiger partial charge on any atom is -0.397 e. The van der Waals surface area contributed by atoms with Crippen molar-refractivity contribution >= 4 is 32.8 Å². The molecular weight excluding hydrogens is 444 g/mol. The molecule has 5 nitrogen and oxygen atoms in total. The van der Waals surface area contributed by atoms with Gasteiger partial charge < -0.3 is 5.73 Å². The first-order valence-electron chi connectivity index (χ1n) is 9.65. The molecule has 1 atom stereocenters. The number of halogens is 1. The second-order valence-electron chi connectivity index (χ2n) is 7.17. The number of Topliss-reactive ketones (excluding diaryl/α,β-unsaturated/α-hetero) is 1. The van der Waals surface area contributed by atoms with Gasteiger partial charge in [0.25, 0.3) is 0 Å². The van der Waals surface area contributed by atoms with Crippen molar-refractivity contribution in [3.8, 4) is 6.07 Å². The van der Waals surface area contributed by atoms with Crippen molar-refractivity contribution in [1.29, 1.82) is 5.26 Å². The lowest BCUT2D eigenvalue weighted by atomic mass is 9.96. The molecule has 0 aromatic heterocycles. The average molecular weight is 461 g/mol. The number of allylic oxidation sites excluding steroid dienone is 1. The van der Waals surface area contributed by atoms with Crippen molar-refractivity contribution in [1.82, 2.24) is 0 Å². The summed E-state index contributed by atoms with van der Waals surface area (Å²) in [6.45, 7) is 0. The SMILES string of the molecule is N#CC1=C(c2ccc(Cl)cc2)C(S(=O)(=O)c2ccccc2)C(C(=O)c2ccccc2)=C1N. The number of benzene rings is 3. The molecule has 0 saturated carbocycles. The Bertz CT molecular complexity index is 1400. The van der Waals surface area contributed by atoms with Gasteiger partial charge in [0.2, 0.25) is 0 Å². The van der Waals surface area contributed by atoms with Crippen molar-refractivity contribution in [2.75, 3.05) is 0 Å². The highest BCUT2D eigenvalue weighted by Crippen LogP contribution is 2.43. The summed E-state index contributed by atoms with van der Waals surface area (Å²) in [5, 5.41) is 8.91. The molecule has 0 amide bonds. The van der Waals surface area contributed by atoms with Crippen LogP contribution in [0.1, 0.15) is 15.9 Å². The van der Waals surface area contributed by atoms with E-state index in [1.807, 2.05) is 6.07 Å². The van der Waals surface area contributed by atoms with Crippen LogP contribution in [-0.2, 0) is 9.84 Å². The first-order chi connectivity index (χ1) is 15.4. The summed E-state index contributed by atoms with van der Waals surface area (Å²) < 4.78 is 27.7. The van der Waals surface area contributed by atoms with Gasteiger partial charge in [-0.3, -0.25) is 4.79 Å². The zero-order valence-corrected chi connectivity index (χ0v) is 18.3. The summed E-state index contributed by atoms with van der Waals surface area (Å²) in [5.74, 6) is -0.538. The molecule has 0 spiro atoms. The van der Waals surface area contributed by atoms with Gasteiger partial charge in [-0.1, -0.05) is 72.3 Å². The summed E-state index contributed by atoms with van der Waals surface area (Å²) in [6, 6.07) is 24.5. The summed E-state index contributed by atoms with van der Waals surface area (Å²) in [5.41, 5.74) is 6.91. The molecule has 0 fully saturated rings. The largest absolute Gasteiger partial charge is 0.397 e. The van der Waals surface area contributed by atoms with Crippen LogP contribution in [0.5, 0.6) is 0 Å². The van der Waals surface area contributed by atoms with E-state index >= 15 is 0 Å². The number of hydrogen-bond donors (Lipinski definition) is 1. The van der Waals surface area contributed by atoms with Crippen molar-refractivity contribution in [2.24, 2.45) is 5.73 Å². The second-order valence-corrected chi connectivity index (χ2v) is 9.64. The van der Waals surface area contributed by atoms with Gasteiger partial charge >= 0.3 is 0 Å². The fourth-order valence-corrected chi connectivity index (χ4v) is 5.83. The van der Waals surface area contributed by atoms with E-state index in [0.717, 1.165) is 0 Å². The lowest BCUT2D eigenvalue weighted by Gasteiger charge is -2.20. The summed E-state index contributed by atoms with van der Waals surface area (Å²) in [4.78, 5) is 13.5. The lowest BCUT2D eigenvalue weighted by Crippen LogP contribution is -2.28. The normalized spacial score (nSPS) is 16.2. The zero-order valence-electron chi connectivity index (χ0n) is 16.7. The third-order valence-electron chi connectivity index (χ3n) is 5.28. The van der Waals surface area contributed by atoms with E-state index in [9.17, 15) is 18.5 Å². The third kappa shape index (κ3) is 3.62. The van der Waals surface area contributed by atoms with E-state index in [1.54, 1.807) is 72.8 Å². The number of nitrogens with two attached hydrogens (primary N) is 1. The Morgan fingerprint density at radius 2 is 1.47 bits per heavy atom. The maximum atomic E-state index is 13.8. The van der Waals surface area contributed by atoms with Crippen molar-refractivity contribution in [2.45, 2.75) is 10.1 Å². The molecule has 7 heteroatoms. The number of carbonyl (C=O) groups is 1. The van der Waals surface area contributed by atoms with Crippen LogP contribution in [0, 0.1) is 11.3 Å². The first kappa shape index (κ1) is 21.6. The van der Waals surface area contributed by atoms with Crippen LogP contribution >= 0.6 is 11.6 Å². The topological polar surface area (TPSA) is 101 Å². The molecular formula is C25H17ClN2O3S. The fourth-order valence-electron chi connectivity index (χ4n) is 3.78. The Balaban J connectivity index is 2.00. The highest BCUT2D eigenvalue weighted by molar-refractivity contribution is 7.92. The molecule has 0 radical (unpaired) electrons. The second kappa shape index (κ2) is 8.46. The van der Waals surface area contributed by atoms with Crippen molar-refractivity contribution in [3.63, 3.8) is 0 Å². The number of nitrogens with zero attached hydrogens (tertiary/aromatic N) is 1. The van der Waals surface area contributed by atoms with E-state index in [-0.39, 0.29) is 32.9 Å². The van der Waals surface area contributed by atoms with Crippen LogP contribution in [0.2, 0.25) is 5.02 Å². The Hall–Kier alpha value is -3.66. The maximum absolute atomic E-state index is 13.8. The van der Waals surface area contributed by atoms with E-state index in [2.05, 4.69) is 0 Å². The Labute approximate surface area is 191 Å². The van der Waals surface area contributed by atoms with Gasteiger partial charge in [0.1, 0.15) is 11.3 Å². The molecule has 158 valence electrons. The van der Waals surface area contributed by atoms with Gasteiger partial charge in [-0.05, 0) is 29.8 Å². The monoisotopic (exact) mass is 460 g/mol. The predicted octanol–water partition coefficient (Wildman–Crippen LogP) is 4.57. The van der Waals surface area contributed by atoms with Gasteiger partial charge in [-0.25, -0.2) is 8.42 Å². The summed E-state index contributed by atoms with van der Waals surface area (Å²) in [6.07, 6.45) is 0. The molecule has 0 heterocycles. The number of rotatable bonds is 5. The quantitative estimate of drug-likeness (QED) is 0.562. The molecule has 0 aliphatic heterocycles. The number of carbonyl (C=O) groups excluding carboxylic acids is 1. The fraction of sp³-hybridized carbons (Fsp3) is 0.0400. The first-order valence-corrected chi connectivity index (χ1v) is 11.6. The Morgan fingerprint density at radius 1 is 0.906 bits per heavy atom. The predicted molar refractivity (Wildman–Crippen MR) is 123 cm³/mol. The van der Waals surface area contributed by atoms with Gasteiger partial charge in [0.05, 0.1) is 16.2 Å². The Kier molecular flexibility index (Phi) is 5.70. The van der Waals surface area contributed by atoms with E-state index in [0.29, 0.717) is 10.6 Å². The smallest absolute Gasteiger partial charge is 0.192 e. The number of sulfone groups is 1. The molecule has 3 aromatic carbocycles. The third-order valence-corrected chi connectivity index (χ3v) is 7.56. The number of hydrogen-bond acceptors (Lipinski definition) is 5. The number of ketones is 1. The molecule has 0 saturated heterocycles. The maximum Gasteiger partial charge on any atom is 0.192 e. The minimum atomic E-state index is -4.12. The lowest BCUT2D eigenvalue weighted by molar-refractivity contribution is 0.103. The van der Waals surface area contributed by atoms with E-state index < -0.39 is 20.9 Å². The van der Waals surface area contributed by atoms with Gasteiger partial charge in [0, 0.05) is 21.7 Å². The van der Waals surface area contributed by atoms with Gasteiger partial charge in [0.15, 0.2) is 15.6 Å². The van der Waals surface area contributed by atoms with Crippen LogP contribution in [0.15, 0.2) is 107 Å².